The predicted octanol–water partition coefficient (Wildman–Crippen LogP) is 1.70. The van der Waals surface area contributed by atoms with Gasteiger partial charge >= 0.3 is 0 Å². The van der Waals surface area contributed by atoms with E-state index >= 15 is 0 Å². The lowest BCUT2D eigenvalue weighted by Crippen LogP contribution is -2.41. The first-order valence-electron chi connectivity index (χ1n) is 7.08. The fourth-order valence-corrected chi connectivity index (χ4v) is 4.00. The normalized spacial score (nSPS) is 26.4. The first kappa shape index (κ1) is 13.9. The van der Waals surface area contributed by atoms with E-state index in [1.807, 2.05) is 28.8 Å². The van der Waals surface area contributed by atoms with Gasteiger partial charge in [-0.25, -0.2) is 0 Å². The van der Waals surface area contributed by atoms with E-state index in [1.165, 1.54) is 0 Å². The van der Waals surface area contributed by atoms with Gasteiger partial charge in [-0.05, 0) is 37.3 Å². The van der Waals surface area contributed by atoms with E-state index in [-0.39, 0.29) is 0 Å². The molecule has 2 aromatic heterocycles. The number of pyridine rings is 1. The Kier molecular flexibility index (Phi) is 3.96. The number of aromatic nitrogens is 3. The molecule has 108 valence electrons. The monoisotopic (exact) mass is 292 g/mol. The van der Waals surface area contributed by atoms with Crippen molar-refractivity contribution in [3.05, 3.63) is 24.4 Å². The van der Waals surface area contributed by atoms with Crippen LogP contribution < -0.4 is 5.73 Å². The van der Waals surface area contributed by atoms with E-state index in [4.69, 9.17) is 5.73 Å². The molecule has 2 heterocycles. The van der Waals surface area contributed by atoms with E-state index in [9.17, 15) is 5.11 Å². The number of thioether (sulfide) groups is 1. The van der Waals surface area contributed by atoms with Gasteiger partial charge in [0.2, 0.25) is 0 Å². The number of nitrogens with zero attached hydrogens (tertiary/aromatic N) is 3. The molecule has 3 rings (SSSR count). The van der Waals surface area contributed by atoms with Gasteiger partial charge in [0, 0.05) is 18.5 Å². The standard InChI is InChI=1S/C14H20N4OS/c15-10-14(19)7-3-4-11(14)6-9-20-13-17-16-12-5-1-2-8-18(12)13/h1-2,5,8,11,19H,3-4,6-7,9-10,15H2. The lowest BCUT2D eigenvalue weighted by atomic mass is 9.89. The first-order valence-corrected chi connectivity index (χ1v) is 8.06. The fraction of sp³-hybridized carbons (Fsp3) is 0.571. The maximum Gasteiger partial charge on any atom is 0.195 e. The fourth-order valence-electron chi connectivity index (χ4n) is 3.02. The number of fused-ring (bicyclic) bond motifs is 1. The topological polar surface area (TPSA) is 76.4 Å². The SMILES string of the molecule is NCC1(O)CCCC1CCSc1nnc2ccccn12. The van der Waals surface area contributed by atoms with Crippen LogP contribution in [0.4, 0.5) is 0 Å². The summed E-state index contributed by atoms with van der Waals surface area (Å²) >= 11 is 1.69. The van der Waals surface area contributed by atoms with E-state index < -0.39 is 5.60 Å². The van der Waals surface area contributed by atoms with Crippen LogP contribution in [0.5, 0.6) is 0 Å². The summed E-state index contributed by atoms with van der Waals surface area (Å²) in [4.78, 5) is 0. The Hall–Kier alpha value is -1.11. The molecule has 0 aliphatic heterocycles. The third kappa shape index (κ3) is 2.55. The largest absolute Gasteiger partial charge is 0.388 e. The van der Waals surface area contributed by atoms with Crippen molar-refractivity contribution in [2.24, 2.45) is 11.7 Å². The molecule has 3 N–H and O–H groups in total. The number of hydrogen-bond donors (Lipinski definition) is 2. The number of aliphatic hydroxyl groups is 1. The molecule has 0 aromatic carbocycles. The molecular weight excluding hydrogens is 272 g/mol. The highest BCUT2D eigenvalue weighted by molar-refractivity contribution is 7.99. The van der Waals surface area contributed by atoms with Crippen LogP contribution in [0, 0.1) is 5.92 Å². The van der Waals surface area contributed by atoms with Crippen molar-refractivity contribution < 1.29 is 5.11 Å². The first-order chi connectivity index (χ1) is 9.73. The van der Waals surface area contributed by atoms with E-state index in [0.717, 1.165) is 42.2 Å². The summed E-state index contributed by atoms with van der Waals surface area (Å²) in [6.07, 6.45) is 5.95. The highest BCUT2D eigenvalue weighted by atomic mass is 32.2. The van der Waals surface area contributed by atoms with Gasteiger partial charge < -0.3 is 10.8 Å². The zero-order chi connectivity index (χ0) is 14.0. The summed E-state index contributed by atoms with van der Waals surface area (Å²) in [7, 11) is 0. The number of rotatable bonds is 5. The van der Waals surface area contributed by atoms with Crippen molar-refractivity contribution in [1.29, 1.82) is 0 Å². The van der Waals surface area contributed by atoms with Crippen molar-refractivity contribution in [2.75, 3.05) is 12.3 Å². The van der Waals surface area contributed by atoms with Crippen molar-refractivity contribution >= 4 is 17.4 Å². The molecule has 0 spiro atoms. The molecule has 6 heteroatoms. The van der Waals surface area contributed by atoms with Gasteiger partial charge in [0.15, 0.2) is 10.8 Å². The summed E-state index contributed by atoms with van der Waals surface area (Å²) in [5.74, 6) is 1.25. The summed E-state index contributed by atoms with van der Waals surface area (Å²) < 4.78 is 1.99. The zero-order valence-electron chi connectivity index (χ0n) is 11.4. The molecular formula is C14H20N4OS. The minimum atomic E-state index is -0.645. The summed E-state index contributed by atoms with van der Waals surface area (Å²) in [5, 5.41) is 19.7. The second-order valence-electron chi connectivity index (χ2n) is 5.45. The molecule has 1 saturated carbocycles. The Morgan fingerprint density at radius 3 is 3.20 bits per heavy atom. The van der Waals surface area contributed by atoms with Gasteiger partial charge in [0.05, 0.1) is 5.60 Å². The van der Waals surface area contributed by atoms with Gasteiger partial charge in [0.25, 0.3) is 0 Å². The van der Waals surface area contributed by atoms with Crippen LogP contribution in [-0.2, 0) is 0 Å². The summed E-state index contributed by atoms with van der Waals surface area (Å²) in [6.45, 7) is 0.371. The average Bonchev–Trinajstić information content (AvgIpc) is 3.05. The Bertz CT molecular complexity index is 587. The van der Waals surface area contributed by atoms with Crippen LogP contribution in [0.3, 0.4) is 0 Å². The maximum absolute atomic E-state index is 10.4. The molecule has 20 heavy (non-hydrogen) atoms. The molecule has 2 atom stereocenters. The van der Waals surface area contributed by atoms with Crippen LogP contribution in [0.1, 0.15) is 25.7 Å². The lowest BCUT2D eigenvalue weighted by Gasteiger charge is -2.28. The molecule has 1 fully saturated rings. The predicted molar refractivity (Wildman–Crippen MR) is 79.7 cm³/mol. The second-order valence-corrected chi connectivity index (χ2v) is 6.51. The summed E-state index contributed by atoms with van der Waals surface area (Å²) in [6, 6.07) is 5.88. The number of hydrogen-bond acceptors (Lipinski definition) is 5. The molecule has 2 aromatic rings. The van der Waals surface area contributed by atoms with Crippen molar-refractivity contribution in [3.8, 4) is 0 Å². The van der Waals surface area contributed by atoms with Crippen LogP contribution in [0.25, 0.3) is 5.65 Å². The van der Waals surface area contributed by atoms with Gasteiger partial charge in [-0.1, -0.05) is 24.2 Å². The van der Waals surface area contributed by atoms with Crippen molar-refractivity contribution in [3.63, 3.8) is 0 Å². The van der Waals surface area contributed by atoms with Crippen LogP contribution in [0.15, 0.2) is 29.6 Å². The van der Waals surface area contributed by atoms with Crippen LogP contribution in [-0.4, -0.2) is 37.6 Å². The van der Waals surface area contributed by atoms with Crippen molar-refractivity contribution in [1.82, 2.24) is 14.6 Å². The third-order valence-corrected chi connectivity index (χ3v) is 5.23. The highest BCUT2D eigenvalue weighted by Gasteiger charge is 2.39. The molecule has 2 unspecified atom stereocenters. The van der Waals surface area contributed by atoms with E-state index in [0.29, 0.717) is 12.5 Å². The molecule has 1 aliphatic carbocycles. The molecule has 0 radical (unpaired) electrons. The zero-order valence-corrected chi connectivity index (χ0v) is 12.2. The minimum Gasteiger partial charge on any atom is -0.388 e. The Morgan fingerprint density at radius 2 is 2.35 bits per heavy atom. The molecule has 1 aliphatic rings. The average molecular weight is 292 g/mol. The Labute approximate surface area is 122 Å². The van der Waals surface area contributed by atoms with Crippen LogP contribution >= 0.6 is 11.8 Å². The van der Waals surface area contributed by atoms with E-state index in [1.54, 1.807) is 11.8 Å². The second kappa shape index (κ2) is 5.71. The molecule has 0 amide bonds. The van der Waals surface area contributed by atoms with Gasteiger partial charge in [-0.2, -0.15) is 0 Å². The molecule has 0 bridgehead atoms. The van der Waals surface area contributed by atoms with Gasteiger partial charge in [0.1, 0.15) is 0 Å². The maximum atomic E-state index is 10.4. The Balaban J connectivity index is 1.60. The smallest absolute Gasteiger partial charge is 0.195 e. The van der Waals surface area contributed by atoms with Gasteiger partial charge in [-0.3, -0.25) is 4.40 Å². The highest BCUT2D eigenvalue weighted by Crippen LogP contribution is 2.38. The molecule has 0 saturated heterocycles. The lowest BCUT2D eigenvalue weighted by molar-refractivity contribution is 0.0103. The quantitative estimate of drug-likeness (QED) is 0.820. The van der Waals surface area contributed by atoms with Crippen molar-refractivity contribution in [2.45, 2.75) is 36.4 Å². The van der Waals surface area contributed by atoms with Crippen LogP contribution in [0.2, 0.25) is 0 Å². The third-order valence-electron chi connectivity index (χ3n) is 4.26. The Morgan fingerprint density at radius 1 is 1.45 bits per heavy atom. The van der Waals surface area contributed by atoms with Gasteiger partial charge in [-0.15, -0.1) is 10.2 Å². The van der Waals surface area contributed by atoms with E-state index in [2.05, 4.69) is 10.2 Å². The molecule has 5 nitrogen and oxygen atoms in total. The number of nitrogens with two attached hydrogens (primary N) is 1. The summed E-state index contributed by atoms with van der Waals surface area (Å²) in [5.41, 5.74) is 5.94. The minimum absolute atomic E-state index is 0.319.